The molecule has 0 aromatic heterocycles. The van der Waals surface area contributed by atoms with Crippen molar-refractivity contribution >= 4 is 0 Å². The number of rotatable bonds is 3. The third-order valence-corrected chi connectivity index (χ3v) is 3.58. The van der Waals surface area contributed by atoms with E-state index in [0.29, 0.717) is 5.92 Å². The minimum atomic E-state index is 0.178. The third kappa shape index (κ3) is 2.68. The fourth-order valence-electron chi connectivity index (χ4n) is 2.43. The maximum atomic E-state index is 5.70. The highest BCUT2D eigenvalue weighted by Crippen LogP contribution is 2.32. The van der Waals surface area contributed by atoms with Crippen LogP contribution in [0.2, 0.25) is 0 Å². The SMILES string of the molecule is COc1cc(C(C)C)ccc1C1NCCOC1C. The van der Waals surface area contributed by atoms with E-state index >= 15 is 0 Å². The molecule has 1 aromatic carbocycles. The Hall–Kier alpha value is -1.06. The smallest absolute Gasteiger partial charge is 0.124 e. The molecule has 100 valence electrons. The average Bonchev–Trinajstić information content (AvgIpc) is 2.38. The van der Waals surface area contributed by atoms with Crippen LogP contribution < -0.4 is 10.1 Å². The van der Waals surface area contributed by atoms with E-state index in [1.165, 1.54) is 11.1 Å². The largest absolute Gasteiger partial charge is 0.496 e. The molecule has 2 unspecified atom stereocenters. The fourth-order valence-corrected chi connectivity index (χ4v) is 2.43. The van der Waals surface area contributed by atoms with Crippen LogP contribution >= 0.6 is 0 Å². The Balaban J connectivity index is 2.31. The van der Waals surface area contributed by atoms with Crippen molar-refractivity contribution in [1.29, 1.82) is 0 Å². The maximum Gasteiger partial charge on any atom is 0.124 e. The van der Waals surface area contributed by atoms with Crippen LogP contribution in [0.3, 0.4) is 0 Å². The summed E-state index contributed by atoms with van der Waals surface area (Å²) < 4.78 is 11.2. The third-order valence-electron chi connectivity index (χ3n) is 3.58. The summed E-state index contributed by atoms with van der Waals surface area (Å²) in [6.07, 6.45) is 0.178. The Labute approximate surface area is 109 Å². The first-order valence-electron chi connectivity index (χ1n) is 6.66. The standard InChI is InChI=1S/C15H23NO2/c1-10(2)12-5-6-13(14(9-12)17-4)15-11(3)18-8-7-16-15/h5-6,9-11,15-16H,7-8H2,1-4H3. The summed E-state index contributed by atoms with van der Waals surface area (Å²) in [5.74, 6) is 1.47. The number of hydrogen-bond acceptors (Lipinski definition) is 3. The molecule has 0 aliphatic carbocycles. The number of morpholine rings is 1. The van der Waals surface area contributed by atoms with Crippen molar-refractivity contribution in [2.24, 2.45) is 0 Å². The molecule has 0 bridgehead atoms. The molecule has 0 saturated carbocycles. The average molecular weight is 249 g/mol. The van der Waals surface area contributed by atoms with Gasteiger partial charge in [0.05, 0.1) is 25.9 Å². The van der Waals surface area contributed by atoms with Crippen molar-refractivity contribution in [1.82, 2.24) is 5.32 Å². The zero-order chi connectivity index (χ0) is 13.1. The molecule has 0 amide bonds. The zero-order valence-corrected chi connectivity index (χ0v) is 11.7. The molecule has 0 spiro atoms. The first kappa shape index (κ1) is 13.4. The quantitative estimate of drug-likeness (QED) is 0.893. The highest BCUT2D eigenvalue weighted by atomic mass is 16.5. The van der Waals surface area contributed by atoms with Gasteiger partial charge >= 0.3 is 0 Å². The van der Waals surface area contributed by atoms with Gasteiger partial charge in [-0.15, -0.1) is 0 Å². The van der Waals surface area contributed by atoms with Crippen molar-refractivity contribution in [3.05, 3.63) is 29.3 Å². The van der Waals surface area contributed by atoms with Crippen LogP contribution in [0, 0.1) is 0 Å². The Bertz CT molecular complexity index is 403. The summed E-state index contributed by atoms with van der Waals surface area (Å²) in [5, 5.41) is 3.50. The summed E-state index contributed by atoms with van der Waals surface area (Å²) >= 11 is 0. The van der Waals surface area contributed by atoms with Crippen molar-refractivity contribution in [2.75, 3.05) is 20.3 Å². The molecular formula is C15H23NO2. The fraction of sp³-hybridized carbons (Fsp3) is 0.600. The molecule has 1 N–H and O–H groups in total. The van der Waals surface area contributed by atoms with E-state index in [2.05, 4.69) is 44.3 Å². The van der Waals surface area contributed by atoms with Gasteiger partial charge in [0.25, 0.3) is 0 Å². The van der Waals surface area contributed by atoms with Gasteiger partial charge in [-0.1, -0.05) is 26.0 Å². The van der Waals surface area contributed by atoms with Crippen molar-refractivity contribution in [3.8, 4) is 5.75 Å². The predicted molar refractivity (Wildman–Crippen MR) is 73.2 cm³/mol. The Morgan fingerprint density at radius 2 is 2.17 bits per heavy atom. The van der Waals surface area contributed by atoms with Gasteiger partial charge in [-0.3, -0.25) is 0 Å². The molecule has 1 heterocycles. The molecule has 1 aromatic rings. The van der Waals surface area contributed by atoms with Gasteiger partial charge < -0.3 is 14.8 Å². The Kier molecular flexibility index (Phi) is 4.25. The molecule has 2 rings (SSSR count). The van der Waals surface area contributed by atoms with Crippen molar-refractivity contribution in [2.45, 2.75) is 38.8 Å². The summed E-state index contributed by atoms with van der Waals surface area (Å²) in [7, 11) is 1.73. The Morgan fingerprint density at radius 3 is 2.78 bits per heavy atom. The van der Waals surface area contributed by atoms with E-state index in [1.54, 1.807) is 7.11 Å². The number of hydrogen-bond donors (Lipinski definition) is 1. The van der Waals surface area contributed by atoms with Crippen LogP contribution in [0.15, 0.2) is 18.2 Å². The van der Waals surface area contributed by atoms with Crippen LogP contribution in [0.4, 0.5) is 0 Å². The Morgan fingerprint density at radius 1 is 1.39 bits per heavy atom. The highest BCUT2D eigenvalue weighted by Gasteiger charge is 2.26. The summed E-state index contributed by atoms with van der Waals surface area (Å²) in [6.45, 7) is 8.17. The van der Waals surface area contributed by atoms with Crippen molar-refractivity contribution < 1.29 is 9.47 Å². The molecule has 2 atom stereocenters. The molecular weight excluding hydrogens is 226 g/mol. The second kappa shape index (κ2) is 5.72. The first-order valence-corrected chi connectivity index (χ1v) is 6.66. The zero-order valence-electron chi connectivity index (χ0n) is 11.7. The van der Waals surface area contributed by atoms with E-state index < -0.39 is 0 Å². The van der Waals surface area contributed by atoms with Gasteiger partial charge in [-0.2, -0.15) is 0 Å². The minimum Gasteiger partial charge on any atom is -0.496 e. The van der Waals surface area contributed by atoms with Crippen LogP contribution in [0.5, 0.6) is 5.75 Å². The number of ether oxygens (including phenoxy) is 2. The summed E-state index contributed by atoms with van der Waals surface area (Å²) in [6, 6.07) is 6.71. The van der Waals surface area contributed by atoms with E-state index in [0.717, 1.165) is 18.9 Å². The molecule has 1 aliphatic rings. The molecule has 0 radical (unpaired) electrons. The van der Waals surface area contributed by atoms with Crippen LogP contribution in [-0.2, 0) is 4.74 Å². The van der Waals surface area contributed by atoms with Gasteiger partial charge in [-0.25, -0.2) is 0 Å². The number of methoxy groups -OCH3 is 1. The lowest BCUT2D eigenvalue weighted by Crippen LogP contribution is -2.40. The lowest BCUT2D eigenvalue weighted by Gasteiger charge is -2.31. The minimum absolute atomic E-state index is 0.178. The van der Waals surface area contributed by atoms with Crippen molar-refractivity contribution in [3.63, 3.8) is 0 Å². The molecule has 3 heteroatoms. The molecule has 18 heavy (non-hydrogen) atoms. The van der Waals surface area contributed by atoms with Crippen LogP contribution in [-0.4, -0.2) is 26.4 Å². The summed E-state index contributed by atoms with van der Waals surface area (Å²) in [5.41, 5.74) is 2.49. The highest BCUT2D eigenvalue weighted by molar-refractivity contribution is 5.41. The van der Waals surface area contributed by atoms with Gasteiger partial charge in [0.1, 0.15) is 5.75 Å². The van der Waals surface area contributed by atoms with Gasteiger partial charge in [-0.05, 0) is 24.5 Å². The number of nitrogens with one attached hydrogen (secondary N) is 1. The monoisotopic (exact) mass is 249 g/mol. The normalized spacial score (nSPS) is 24.3. The second-order valence-electron chi connectivity index (χ2n) is 5.16. The summed E-state index contributed by atoms with van der Waals surface area (Å²) in [4.78, 5) is 0. The van der Waals surface area contributed by atoms with Crippen LogP contribution in [0.25, 0.3) is 0 Å². The van der Waals surface area contributed by atoms with E-state index in [9.17, 15) is 0 Å². The molecule has 1 saturated heterocycles. The lowest BCUT2D eigenvalue weighted by atomic mass is 9.95. The lowest BCUT2D eigenvalue weighted by molar-refractivity contribution is 0.00695. The molecule has 1 fully saturated rings. The van der Waals surface area contributed by atoms with Gasteiger partial charge in [0.15, 0.2) is 0 Å². The molecule has 1 aliphatic heterocycles. The van der Waals surface area contributed by atoms with Gasteiger partial charge in [0.2, 0.25) is 0 Å². The van der Waals surface area contributed by atoms with E-state index in [-0.39, 0.29) is 12.1 Å². The predicted octanol–water partition coefficient (Wildman–Crippen LogP) is 2.87. The number of benzene rings is 1. The maximum absolute atomic E-state index is 5.70. The van der Waals surface area contributed by atoms with E-state index in [4.69, 9.17) is 9.47 Å². The second-order valence-corrected chi connectivity index (χ2v) is 5.16. The first-order chi connectivity index (χ1) is 8.63. The molecule has 3 nitrogen and oxygen atoms in total. The van der Waals surface area contributed by atoms with Gasteiger partial charge in [0, 0.05) is 12.1 Å². The van der Waals surface area contributed by atoms with Crippen LogP contribution in [0.1, 0.15) is 43.9 Å². The topological polar surface area (TPSA) is 30.5 Å². The van der Waals surface area contributed by atoms with E-state index in [1.807, 2.05) is 0 Å².